The van der Waals surface area contributed by atoms with Crippen molar-refractivity contribution in [3.63, 3.8) is 0 Å². The van der Waals surface area contributed by atoms with E-state index >= 15 is 0 Å². The highest BCUT2D eigenvalue weighted by Gasteiger charge is 2.10. The van der Waals surface area contributed by atoms with Gasteiger partial charge < -0.3 is 5.73 Å². The van der Waals surface area contributed by atoms with E-state index in [4.69, 9.17) is 17.3 Å². The van der Waals surface area contributed by atoms with E-state index in [1.807, 2.05) is 32.0 Å². The quantitative estimate of drug-likeness (QED) is 0.806. The van der Waals surface area contributed by atoms with E-state index < -0.39 is 0 Å². The average Bonchev–Trinajstić information content (AvgIpc) is 2.18. The summed E-state index contributed by atoms with van der Waals surface area (Å²) in [5.41, 5.74) is 7.49. The average molecular weight is 222 g/mol. The summed E-state index contributed by atoms with van der Waals surface area (Å²) in [5, 5.41) is 1.57. The SMILES string of the molecule is Cc1nc(C(C)N)c2cccc(Cl)c2n1. The van der Waals surface area contributed by atoms with Gasteiger partial charge in [0.25, 0.3) is 0 Å². The summed E-state index contributed by atoms with van der Waals surface area (Å²) >= 11 is 6.07. The van der Waals surface area contributed by atoms with Crippen LogP contribution >= 0.6 is 11.6 Å². The first-order chi connectivity index (χ1) is 7.09. The Kier molecular flexibility index (Phi) is 2.59. The van der Waals surface area contributed by atoms with Gasteiger partial charge >= 0.3 is 0 Å². The number of aryl methyl sites for hydroxylation is 1. The topological polar surface area (TPSA) is 51.8 Å². The highest BCUT2D eigenvalue weighted by Crippen LogP contribution is 2.25. The molecule has 0 fully saturated rings. The van der Waals surface area contributed by atoms with E-state index in [0.717, 1.165) is 16.6 Å². The zero-order chi connectivity index (χ0) is 11.0. The zero-order valence-electron chi connectivity index (χ0n) is 8.66. The molecule has 2 aromatic rings. The van der Waals surface area contributed by atoms with Gasteiger partial charge in [0.15, 0.2) is 0 Å². The third-order valence-corrected chi connectivity index (χ3v) is 2.55. The fourth-order valence-electron chi connectivity index (χ4n) is 1.60. The Balaban J connectivity index is 2.86. The molecular formula is C11H12ClN3. The van der Waals surface area contributed by atoms with Gasteiger partial charge in [0.1, 0.15) is 5.82 Å². The first-order valence-electron chi connectivity index (χ1n) is 4.78. The van der Waals surface area contributed by atoms with E-state index in [0.29, 0.717) is 10.8 Å². The fourth-order valence-corrected chi connectivity index (χ4v) is 1.82. The number of nitrogens with two attached hydrogens (primary N) is 1. The lowest BCUT2D eigenvalue weighted by molar-refractivity contribution is 0.779. The van der Waals surface area contributed by atoms with Gasteiger partial charge in [-0.25, -0.2) is 9.97 Å². The van der Waals surface area contributed by atoms with Crippen LogP contribution < -0.4 is 5.73 Å². The Morgan fingerprint density at radius 1 is 1.33 bits per heavy atom. The highest BCUT2D eigenvalue weighted by atomic mass is 35.5. The lowest BCUT2D eigenvalue weighted by Gasteiger charge is -2.10. The van der Waals surface area contributed by atoms with Crippen LogP contribution in [0.1, 0.15) is 24.5 Å². The summed E-state index contributed by atoms with van der Waals surface area (Å²) in [6.45, 7) is 3.75. The van der Waals surface area contributed by atoms with Gasteiger partial charge in [-0.05, 0) is 19.9 Å². The lowest BCUT2D eigenvalue weighted by Crippen LogP contribution is -2.10. The molecule has 1 aromatic carbocycles. The van der Waals surface area contributed by atoms with E-state index in [2.05, 4.69) is 9.97 Å². The lowest BCUT2D eigenvalue weighted by atomic mass is 10.1. The van der Waals surface area contributed by atoms with Crippen molar-refractivity contribution < 1.29 is 0 Å². The first kappa shape index (κ1) is 10.3. The second kappa shape index (κ2) is 3.76. The molecule has 0 spiro atoms. The second-order valence-corrected chi connectivity index (χ2v) is 3.99. The van der Waals surface area contributed by atoms with Crippen molar-refractivity contribution in [2.24, 2.45) is 5.73 Å². The largest absolute Gasteiger partial charge is 0.323 e. The summed E-state index contributed by atoms with van der Waals surface area (Å²) in [6.07, 6.45) is 0. The third-order valence-electron chi connectivity index (χ3n) is 2.25. The summed E-state index contributed by atoms with van der Waals surface area (Å²) < 4.78 is 0. The Labute approximate surface area is 93.3 Å². The maximum atomic E-state index is 6.07. The molecule has 1 aromatic heterocycles. The number of para-hydroxylation sites is 1. The number of rotatable bonds is 1. The van der Waals surface area contributed by atoms with Crippen molar-refractivity contribution in [3.05, 3.63) is 34.7 Å². The molecule has 0 aliphatic carbocycles. The number of fused-ring (bicyclic) bond motifs is 1. The Bertz CT molecular complexity index is 508. The molecule has 2 rings (SSSR count). The van der Waals surface area contributed by atoms with Crippen molar-refractivity contribution >= 4 is 22.5 Å². The molecule has 0 amide bonds. The van der Waals surface area contributed by atoms with Crippen LogP contribution in [0.2, 0.25) is 5.02 Å². The molecule has 1 atom stereocenters. The number of nitrogens with zero attached hydrogens (tertiary/aromatic N) is 2. The molecule has 2 N–H and O–H groups in total. The van der Waals surface area contributed by atoms with Gasteiger partial charge in [0.05, 0.1) is 16.2 Å². The predicted molar refractivity (Wildman–Crippen MR) is 61.9 cm³/mol. The van der Waals surface area contributed by atoms with Crippen LogP contribution in [0.15, 0.2) is 18.2 Å². The van der Waals surface area contributed by atoms with Crippen molar-refractivity contribution in [1.29, 1.82) is 0 Å². The van der Waals surface area contributed by atoms with E-state index in [9.17, 15) is 0 Å². The van der Waals surface area contributed by atoms with E-state index in [-0.39, 0.29) is 6.04 Å². The Morgan fingerprint density at radius 2 is 2.07 bits per heavy atom. The number of aromatic nitrogens is 2. The standard InChI is InChI=1S/C11H12ClN3/c1-6(13)10-8-4-3-5-9(12)11(8)15-7(2)14-10/h3-6H,13H2,1-2H3. The maximum absolute atomic E-state index is 6.07. The van der Waals surface area contributed by atoms with Crippen LogP contribution in [-0.4, -0.2) is 9.97 Å². The molecule has 0 aliphatic heterocycles. The van der Waals surface area contributed by atoms with Crippen LogP contribution in [-0.2, 0) is 0 Å². The molecule has 0 aliphatic rings. The highest BCUT2D eigenvalue weighted by molar-refractivity contribution is 6.35. The Hall–Kier alpha value is -1.19. The first-order valence-corrected chi connectivity index (χ1v) is 5.15. The minimum absolute atomic E-state index is 0.118. The van der Waals surface area contributed by atoms with Gasteiger partial charge in [-0.3, -0.25) is 0 Å². The smallest absolute Gasteiger partial charge is 0.126 e. The van der Waals surface area contributed by atoms with Crippen molar-refractivity contribution in [1.82, 2.24) is 9.97 Å². The minimum Gasteiger partial charge on any atom is -0.323 e. The van der Waals surface area contributed by atoms with Gasteiger partial charge in [-0.2, -0.15) is 0 Å². The van der Waals surface area contributed by atoms with Crippen molar-refractivity contribution in [2.45, 2.75) is 19.9 Å². The van der Waals surface area contributed by atoms with Gasteiger partial charge in [-0.15, -0.1) is 0 Å². The van der Waals surface area contributed by atoms with Crippen molar-refractivity contribution in [3.8, 4) is 0 Å². The van der Waals surface area contributed by atoms with Gasteiger partial charge in [-0.1, -0.05) is 23.7 Å². The fraction of sp³-hybridized carbons (Fsp3) is 0.273. The molecule has 0 radical (unpaired) electrons. The number of benzene rings is 1. The summed E-state index contributed by atoms with van der Waals surface area (Å²) in [6, 6.07) is 5.53. The molecule has 78 valence electrons. The van der Waals surface area contributed by atoms with Crippen LogP contribution in [0, 0.1) is 6.92 Å². The van der Waals surface area contributed by atoms with Crippen LogP contribution in [0.3, 0.4) is 0 Å². The summed E-state index contributed by atoms with van der Waals surface area (Å²) in [4.78, 5) is 8.67. The molecule has 4 heteroatoms. The van der Waals surface area contributed by atoms with Crippen LogP contribution in [0.5, 0.6) is 0 Å². The number of hydrogen-bond acceptors (Lipinski definition) is 3. The molecule has 3 nitrogen and oxygen atoms in total. The normalized spacial score (nSPS) is 13.1. The van der Waals surface area contributed by atoms with Gasteiger partial charge in [0, 0.05) is 11.4 Å². The van der Waals surface area contributed by atoms with Crippen LogP contribution in [0.25, 0.3) is 10.9 Å². The number of halogens is 1. The van der Waals surface area contributed by atoms with E-state index in [1.165, 1.54) is 0 Å². The van der Waals surface area contributed by atoms with Crippen LogP contribution in [0.4, 0.5) is 0 Å². The zero-order valence-corrected chi connectivity index (χ0v) is 9.42. The second-order valence-electron chi connectivity index (χ2n) is 3.58. The maximum Gasteiger partial charge on any atom is 0.126 e. The molecule has 0 saturated heterocycles. The minimum atomic E-state index is -0.118. The molecule has 15 heavy (non-hydrogen) atoms. The predicted octanol–water partition coefficient (Wildman–Crippen LogP) is 2.61. The molecule has 1 heterocycles. The third kappa shape index (κ3) is 1.80. The molecule has 1 unspecified atom stereocenters. The van der Waals surface area contributed by atoms with E-state index in [1.54, 1.807) is 0 Å². The summed E-state index contributed by atoms with van der Waals surface area (Å²) in [5.74, 6) is 0.697. The monoisotopic (exact) mass is 221 g/mol. The molecule has 0 saturated carbocycles. The molecule has 0 bridgehead atoms. The Morgan fingerprint density at radius 3 is 2.73 bits per heavy atom. The van der Waals surface area contributed by atoms with Crippen molar-refractivity contribution in [2.75, 3.05) is 0 Å². The summed E-state index contributed by atoms with van der Waals surface area (Å²) in [7, 11) is 0. The van der Waals surface area contributed by atoms with Gasteiger partial charge in [0.2, 0.25) is 0 Å². The molecular weight excluding hydrogens is 210 g/mol. The number of hydrogen-bond donors (Lipinski definition) is 1.